The number of hydrogen-bond donors (Lipinski definition) is 0. The summed E-state index contributed by atoms with van der Waals surface area (Å²) < 4.78 is 5.46. The average Bonchev–Trinajstić information content (AvgIpc) is 2.16. The number of fused-ring (bicyclic) bond motifs is 2. The Bertz CT molecular complexity index is 441. The Balaban J connectivity index is 2.11. The Hall–Kier alpha value is -1.84. The normalized spacial score (nSPS) is 23.4. The molecule has 0 saturated carbocycles. The Labute approximate surface area is 80.1 Å². The summed E-state index contributed by atoms with van der Waals surface area (Å²) in [6, 6.07) is 6.97. The monoisotopic (exact) mass is 189 g/mol. The van der Waals surface area contributed by atoms with Gasteiger partial charge in [0.2, 0.25) is 5.91 Å². The summed E-state index contributed by atoms with van der Waals surface area (Å²) in [6.45, 7) is 0. The fraction of sp³-hybridized carbons (Fsp3) is 0.200. The Morgan fingerprint density at radius 2 is 2.07 bits per heavy atom. The fourth-order valence-corrected chi connectivity index (χ4v) is 1.75. The van der Waals surface area contributed by atoms with Crippen molar-refractivity contribution in [1.82, 2.24) is 4.90 Å². The van der Waals surface area contributed by atoms with Crippen molar-refractivity contribution in [3.63, 3.8) is 0 Å². The standard InChI is InChI=1S/C10H7NO3/c12-8-5-9-11(8)10(13)6-3-1-2-4-7(6)14-9/h1-4,9H,5H2. The number of rotatable bonds is 0. The number of amides is 2. The maximum Gasteiger partial charge on any atom is 0.267 e. The minimum atomic E-state index is -0.370. The molecule has 1 atom stereocenters. The zero-order valence-electron chi connectivity index (χ0n) is 7.27. The van der Waals surface area contributed by atoms with Gasteiger partial charge < -0.3 is 4.74 Å². The minimum absolute atomic E-state index is 0.158. The van der Waals surface area contributed by atoms with E-state index in [0.29, 0.717) is 17.7 Å². The van der Waals surface area contributed by atoms with Crippen LogP contribution in [0.2, 0.25) is 0 Å². The van der Waals surface area contributed by atoms with E-state index in [9.17, 15) is 9.59 Å². The van der Waals surface area contributed by atoms with Gasteiger partial charge in [-0.05, 0) is 12.1 Å². The summed E-state index contributed by atoms with van der Waals surface area (Å²) in [7, 11) is 0. The third kappa shape index (κ3) is 0.775. The van der Waals surface area contributed by atoms with Crippen LogP contribution in [0.4, 0.5) is 0 Å². The average molecular weight is 189 g/mol. The smallest absolute Gasteiger partial charge is 0.267 e. The number of para-hydroxylation sites is 1. The Morgan fingerprint density at radius 3 is 2.86 bits per heavy atom. The summed E-state index contributed by atoms with van der Waals surface area (Å²) in [5.41, 5.74) is 0.469. The first-order valence-electron chi connectivity index (χ1n) is 4.39. The maximum absolute atomic E-state index is 11.7. The number of hydrogen-bond acceptors (Lipinski definition) is 3. The molecule has 1 fully saturated rings. The topological polar surface area (TPSA) is 46.6 Å². The zero-order valence-corrected chi connectivity index (χ0v) is 7.27. The van der Waals surface area contributed by atoms with Gasteiger partial charge in [0.25, 0.3) is 5.91 Å². The predicted molar refractivity (Wildman–Crippen MR) is 46.7 cm³/mol. The highest BCUT2D eigenvalue weighted by molar-refractivity contribution is 6.10. The van der Waals surface area contributed by atoms with Crippen LogP contribution in [0.15, 0.2) is 24.3 Å². The summed E-state index contributed by atoms with van der Waals surface area (Å²) in [5.74, 6) is 0.175. The lowest BCUT2D eigenvalue weighted by Crippen LogP contribution is -2.60. The van der Waals surface area contributed by atoms with Crippen LogP contribution in [-0.2, 0) is 4.79 Å². The molecule has 2 amide bonds. The van der Waals surface area contributed by atoms with E-state index < -0.39 is 0 Å². The van der Waals surface area contributed by atoms with Gasteiger partial charge in [0.15, 0.2) is 6.23 Å². The van der Waals surface area contributed by atoms with E-state index >= 15 is 0 Å². The van der Waals surface area contributed by atoms with Crippen LogP contribution in [0.3, 0.4) is 0 Å². The molecule has 1 saturated heterocycles. The van der Waals surface area contributed by atoms with Gasteiger partial charge in [-0.15, -0.1) is 0 Å². The summed E-state index contributed by atoms with van der Waals surface area (Å²) in [4.78, 5) is 24.0. The second kappa shape index (κ2) is 2.35. The number of nitrogens with zero attached hydrogens (tertiary/aromatic N) is 1. The molecule has 0 aromatic heterocycles. The van der Waals surface area contributed by atoms with Gasteiger partial charge in [-0.25, -0.2) is 4.90 Å². The van der Waals surface area contributed by atoms with Crippen molar-refractivity contribution >= 4 is 11.8 Å². The Morgan fingerprint density at radius 1 is 1.29 bits per heavy atom. The first-order chi connectivity index (χ1) is 6.77. The molecule has 14 heavy (non-hydrogen) atoms. The van der Waals surface area contributed by atoms with Crippen LogP contribution in [-0.4, -0.2) is 22.9 Å². The molecule has 2 heterocycles. The number of imide groups is 1. The van der Waals surface area contributed by atoms with E-state index in [4.69, 9.17) is 4.74 Å². The summed E-state index contributed by atoms with van der Waals surface area (Å²) in [6.07, 6.45) is -0.0648. The van der Waals surface area contributed by atoms with Crippen LogP contribution in [0.5, 0.6) is 5.75 Å². The van der Waals surface area contributed by atoms with Crippen LogP contribution in [0.25, 0.3) is 0 Å². The highest BCUT2D eigenvalue weighted by Gasteiger charge is 2.46. The van der Waals surface area contributed by atoms with Crippen LogP contribution in [0.1, 0.15) is 16.8 Å². The van der Waals surface area contributed by atoms with Crippen molar-refractivity contribution in [3.05, 3.63) is 29.8 Å². The number of carbonyl (C=O) groups is 2. The van der Waals surface area contributed by atoms with Crippen LogP contribution in [0, 0.1) is 0 Å². The second-order valence-corrected chi connectivity index (χ2v) is 3.34. The molecule has 2 aliphatic rings. The van der Waals surface area contributed by atoms with Gasteiger partial charge in [0.05, 0.1) is 12.0 Å². The molecule has 4 nitrogen and oxygen atoms in total. The molecular formula is C10H7NO3. The first-order valence-corrected chi connectivity index (χ1v) is 4.39. The van der Waals surface area contributed by atoms with Gasteiger partial charge in [-0.1, -0.05) is 12.1 Å². The third-order valence-corrected chi connectivity index (χ3v) is 2.51. The van der Waals surface area contributed by atoms with E-state index in [2.05, 4.69) is 0 Å². The molecule has 1 unspecified atom stereocenters. The number of ether oxygens (including phenoxy) is 1. The molecule has 0 bridgehead atoms. The number of benzene rings is 1. The summed E-state index contributed by atoms with van der Waals surface area (Å²) >= 11 is 0. The molecule has 0 aliphatic carbocycles. The van der Waals surface area contributed by atoms with E-state index in [1.54, 1.807) is 18.2 Å². The van der Waals surface area contributed by atoms with Crippen LogP contribution < -0.4 is 4.74 Å². The highest BCUT2D eigenvalue weighted by atomic mass is 16.5. The SMILES string of the molecule is O=C1CC2Oc3ccccc3C(=O)N12. The maximum atomic E-state index is 11.7. The zero-order chi connectivity index (χ0) is 9.71. The molecule has 1 aromatic rings. The highest BCUT2D eigenvalue weighted by Crippen LogP contribution is 2.33. The number of β-lactam (4-membered cyclic amide) rings is 1. The van der Waals surface area contributed by atoms with Crippen molar-refractivity contribution in [2.75, 3.05) is 0 Å². The van der Waals surface area contributed by atoms with Gasteiger partial charge in [-0.3, -0.25) is 9.59 Å². The largest absolute Gasteiger partial charge is 0.469 e. The number of carbonyl (C=O) groups excluding carboxylic acids is 2. The Kier molecular flexibility index (Phi) is 1.27. The molecule has 4 heteroatoms. The van der Waals surface area contributed by atoms with E-state index in [0.717, 1.165) is 0 Å². The van der Waals surface area contributed by atoms with E-state index in [-0.39, 0.29) is 18.0 Å². The van der Waals surface area contributed by atoms with E-state index in [1.165, 1.54) is 4.90 Å². The summed E-state index contributed by atoms with van der Waals surface area (Å²) in [5, 5.41) is 0. The molecule has 1 aromatic carbocycles. The van der Waals surface area contributed by atoms with Gasteiger partial charge in [0.1, 0.15) is 5.75 Å². The minimum Gasteiger partial charge on any atom is -0.469 e. The second-order valence-electron chi connectivity index (χ2n) is 3.34. The van der Waals surface area contributed by atoms with Gasteiger partial charge >= 0.3 is 0 Å². The molecule has 2 aliphatic heterocycles. The third-order valence-electron chi connectivity index (χ3n) is 2.51. The van der Waals surface area contributed by atoms with Crippen molar-refractivity contribution in [3.8, 4) is 5.75 Å². The van der Waals surface area contributed by atoms with Crippen molar-refractivity contribution in [1.29, 1.82) is 0 Å². The lowest BCUT2D eigenvalue weighted by molar-refractivity contribution is -0.154. The van der Waals surface area contributed by atoms with Gasteiger partial charge in [-0.2, -0.15) is 0 Å². The van der Waals surface area contributed by atoms with Gasteiger partial charge in [0, 0.05) is 0 Å². The quantitative estimate of drug-likeness (QED) is 0.447. The molecule has 0 radical (unpaired) electrons. The van der Waals surface area contributed by atoms with Crippen molar-refractivity contribution < 1.29 is 14.3 Å². The molecular weight excluding hydrogens is 182 g/mol. The lowest BCUT2D eigenvalue weighted by atomic mass is 10.0. The van der Waals surface area contributed by atoms with Crippen molar-refractivity contribution in [2.45, 2.75) is 12.6 Å². The molecule has 3 rings (SSSR count). The van der Waals surface area contributed by atoms with E-state index in [1.807, 2.05) is 6.07 Å². The van der Waals surface area contributed by atoms with Crippen molar-refractivity contribution in [2.24, 2.45) is 0 Å². The van der Waals surface area contributed by atoms with Crippen LogP contribution >= 0.6 is 0 Å². The predicted octanol–water partition coefficient (Wildman–Crippen LogP) is 0.778. The lowest BCUT2D eigenvalue weighted by Gasteiger charge is -2.41. The molecule has 0 N–H and O–H groups in total. The molecule has 70 valence electrons. The fourth-order valence-electron chi connectivity index (χ4n) is 1.75. The molecule has 0 spiro atoms. The first kappa shape index (κ1) is 7.55.